The molecule has 4 aromatic rings. The Kier molecular flexibility index (Phi) is 7.26. The number of hydrogen-bond acceptors (Lipinski definition) is 5. The van der Waals surface area contributed by atoms with Crippen molar-refractivity contribution in [3.05, 3.63) is 106 Å². The topological polar surface area (TPSA) is 47.0 Å². The van der Waals surface area contributed by atoms with Crippen LogP contribution in [0.15, 0.2) is 77.9 Å². The van der Waals surface area contributed by atoms with Crippen LogP contribution in [0.2, 0.25) is 0 Å². The summed E-state index contributed by atoms with van der Waals surface area (Å²) in [4.78, 5) is 12.3. The summed E-state index contributed by atoms with van der Waals surface area (Å²) >= 11 is 0. The molecule has 0 spiro atoms. The largest absolute Gasteiger partial charge is 0.475 e. The third-order valence-electron chi connectivity index (χ3n) is 10.1. The lowest BCUT2D eigenvalue weighted by Crippen LogP contribution is -2.31. The van der Waals surface area contributed by atoms with Crippen molar-refractivity contribution in [3.63, 3.8) is 0 Å². The number of rotatable bonds is 5. The highest BCUT2D eigenvalue weighted by atomic mass is 16.5. The van der Waals surface area contributed by atoms with Gasteiger partial charge in [-0.25, -0.2) is 9.98 Å². The Labute approximate surface area is 268 Å². The van der Waals surface area contributed by atoms with Gasteiger partial charge in [0.15, 0.2) is 0 Å². The molecule has 1 atom stereocenters. The molecule has 3 aromatic carbocycles. The summed E-state index contributed by atoms with van der Waals surface area (Å²) in [5, 5.41) is 0. The molecular weight excluding hydrogens is 554 g/mol. The van der Waals surface area contributed by atoms with E-state index in [0.29, 0.717) is 12.5 Å². The Balaban J connectivity index is 1.28. The van der Waals surface area contributed by atoms with Gasteiger partial charge in [0.2, 0.25) is 5.90 Å². The summed E-state index contributed by atoms with van der Waals surface area (Å²) in [6.07, 6.45) is 7.08. The quantitative estimate of drug-likeness (QED) is 0.229. The molecule has 1 aliphatic carbocycles. The molecule has 5 nitrogen and oxygen atoms in total. The molecule has 1 aromatic heterocycles. The number of ether oxygens (including phenoxy) is 2. The van der Waals surface area contributed by atoms with E-state index in [-0.39, 0.29) is 16.9 Å². The zero-order chi connectivity index (χ0) is 31.5. The van der Waals surface area contributed by atoms with Gasteiger partial charge >= 0.3 is 0 Å². The predicted molar refractivity (Wildman–Crippen MR) is 184 cm³/mol. The molecule has 45 heavy (non-hydrogen) atoms. The molecule has 0 N–H and O–H groups in total. The second kappa shape index (κ2) is 11.0. The Bertz CT molecular complexity index is 1790. The number of benzene rings is 3. The van der Waals surface area contributed by atoms with Gasteiger partial charge in [0.1, 0.15) is 23.9 Å². The van der Waals surface area contributed by atoms with Gasteiger partial charge in [-0.3, -0.25) is 4.90 Å². The summed E-state index contributed by atoms with van der Waals surface area (Å²) in [6, 6.07) is 24.1. The summed E-state index contributed by atoms with van der Waals surface area (Å²) in [5.41, 5.74) is 9.08. The van der Waals surface area contributed by atoms with E-state index in [1.54, 1.807) is 0 Å². The first-order valence-electron chi connectivity index (χ1n) is 16.5. The summed E-state index contributed by atoms with van der Waals surface area (Å²) in [6.45, 7) is 16.3. The highest BCUT2D eigenvalue weighted by Crippen LogP contribution is 2.52. The van der Waals surface area contributed by atoms with Crippen LogP contribution in [-0.4, -0.2) is 23.5 Å². The lowest BCUT2D eigenvalue weighted by molar-refractivity contribution is 0.279. The van der Waals surface area contributed by atoms with E-state index < -0.39 is 0 Å². The smallest absolute Gasteiger partial charge is 0.216 e. The number of hydrogen-bond donors (Lipinski definition) is 0. The van der Waals surface area contributed by atoms with Crippen molar-refractivity contribution in [2.24, 2.45) is 10.9 Å². The van der Waals surface area contributed by atoms with Gasteiger partial charge in [0.05, 0.1) is 17.4 Å². The van der Waals surface area contributed by atoms with E-state index >= 15 is 0 Å². The molecule has 5 heteroatoms. The summed E-state index contributed by atoms with van der Waals surface area (Å²) in [5.74, 6) is 3.92. The number of nitrogens with zero attached hydrogens (tertiary/aromatic N) is 3. The Morgan fingerprint density at radius 1 is 0.867 bits per heavy atom. The first-order chi connectivity index (χ1) is 21.5. The number of anilines is 3. The fourth-order valence-electron chi connectivity index (χ4n) is 7.43. The molecule has 1 fully saturated rings. The molecule has 0 radical (unpaired) electrons. The van der Waals surface area contributed by atoms with Crippen LogP contribution in [0.1, 0.15) is 93.7 Å². The van der Waals surface area contributed by atoms with Crippen LogP contribution < -0.4 is 9.64 Å². The maximum Gasteiger partial charge on any atom is 0.216 e. The molecule has 2 aliphatic heterocycles. The second-order valence-electron chi connectivity index (χ2n) is 14.7. The Hall–Kier alpha value is -4.12. The van der Waals surface area contributed by atoms with E-state index in [1.807, 2.05) is 6.20 Å². The Morgan fingerprint density at radius 3 is 2.40 bits per heavy atom. The van der Waals surface area contributed by atoms with Crippen LogP contribution in [0.3, 0.4) is 0 Å². The maximum absolute atomic E-state index is 6.72. The number of aryl methyl sites for hydroxylation is 2. The van der Waals surface area contributed by atoms with E-state index in [0.717, 1.165) is 51.3 Å². The third kappa shape index (κ3) is 5.30. The molecule has 3 heterocycles. The van der Waals surface area contributed by atoms with Gasteiger partial charge in [-0.2, -0.15) is 0 Å². The van der Waals surface area contributed by atoms with Gasteiger partial charge in [-0.1, -0.05) is 77.8 Å². The second-order valence-corrected chi connectivity index (χ2v) is 14.7. The van der Waals surface area contributed by atoms with Gasteiger partial charge in [-0.05, 0) is 96.2 Å². The highest BCUT2D eigenvalue weighted by molar-refractivity contribution is 5.97. The van der Waals surface area contributed by atoms with E-state index in [1.165, 1.54) is 42.4 Å². The average Bonchev–Trinajstić information content (AvgIpc) is 3.71. The fraction of sp³-hybridized carbons (Fsp3) is 0.400. The minimum atomic E-state index is -0.191. The number of aliphatic imine (C=N–C) groups is 1. The molecule has 0 unspecified atom stereocenters. The summed E-state index contributed by atoms with van der Waals surface area (Å²) < 4.78 is 12.9. The van der Waals surface area contributed by atoms with Crippen LogP contribution in [0.5, 0.6) is 11.5 Å². The van der Waals surface area contributed by atoms with Crippen molar-refractivity contribution in [1.82, 2.24) is 4.98 Å². The van der Waals surface area contributed by atoms with Gasteiger partial charge in [0.25, 0.3) is 0 Å². The van der Waals surface area contributed by atoms with Gasteiger partial charge in [0, 0.05) is 23.2 Å². The molecular formula is C40H45N3O2. The van der Waals surface area contributed by atoms with Crippen molar-refractivity contribution < 1.29 is 9.47 Å². The lowest BCUT2D eigenvalue weighted by atomic mass is 9.73. The van der Waals surface area contributed by atoms with Crippen LogP contribution in [0, 0.1) is 19.8 Å². The zero-order valence-electron chi connectivity index (χ0n) is 27.8. The standard InChI is InChI=1S/C40H45N3O2/c1-25-20-26(2)36(23-30(25)38-42-33(24-44-38)27-12-8-9-13-27)45-29-16-17-32-35(22-29)43(34-15-11-10-14-31(34)40(32,6)7)37-21-28(18-19-41-37)39(3,4)5/h10-11,14-23,27,33H,8-9,12-13,24H2,1-7H3/t33-/m0/s1. The van der Waals surface area contributed by atoms with Crippen molar-refractivity contribution in [2.75, 3.05) is 11.5 Å². The van der Waals surface area contributed by atoms with Gasteiger partial charge in [-0.15, -0.1) is 0 Å². The maximum atomic E-state index is 6.72. The number of fused-ring (bicyclic) bond motifs is 2. The lowest BCUT2D eigenvalue weighted by Gasteiger charge is -2.41. The SMILES string of the molecule is Cc1cc(C)c(C2=N[C@H](C3CCCC3)CO2)cc1Oc1ccc2c(c1)N(c1cc(C(C)(C)C)ccn1)c1ccccc1C2(C)C. The molecule has 7 rings (SSSR count). The van der Waals surface area contributed by atoms with E-state index in [2.05, 4.69) is 120 Å². The molecule has 1 saturated carbocycles. The van der Waals surface area contributed by atoms with Crippen LogP contribution in [0.25, 0.3) is 0 Å². The number of para-hydroxylation sites is 1. The predicted octanol–water partition coefficient (Wildman–Crippen LogP) is 10.2. The molecule has 0 amide bonds. The van der Waals surface area contributed by atoms with Crippen LogP contribution >= 0.6 is 0 Å². The van der Waals surface area contributed by atoms with E-state index in [9.17, 15) is 0 Å². The minimum absolute atomic E-state index is 0.00514. The van der Waals surface area contributed by atoms with Gasteiger partial charge < -0.3 is 9.47 Å². The minimum Gasteiger partial charge on any atom is -0.475 e. The first kappa shape index (κ1) is 29.6. The molecule has 0 saturated heterocycles. The van der Waals surface area contributed by atoms with Crippen LogP contribution in [0.4, 0.5) is 17.2 Å². The first-order valence-corrected chi connectivity index (χ1v) is 16.5. The molecule has 0 bridgehead atoms. The van der Waals surface area contributed by atoms with Crippen molar-refractivity contribution >= 4 is 23.1 Å². The molecule has 232 valence electrons. The highest BCUT2D eigenvalue weighted by Gasteiger charge is 2.38. The Morgan fingerprint density at radius 2 is 1.62 bits per heavy atom. The third-order valence-corrected chi connectivity index (χ3v) is 10.1. The zero-order valence-corrected chi connectivity index (χ0v) is 27.8. The summed E-state index contributed by atoms with van der Waals surface area (Å²) in [7, 11) is 0. The monoisotopic (exact) mass is 599 g/mol. The van der Waals surface area contributed by atoms with Crippen molar-refractivity contribution in [1.29, 1.82) is 0 Å². The molecule has 3 aliphatic rings. The average molecular weight is 600 g/mol. The number of pyridine rings is 1. The number of aromatic nitrogens is 1. The van der Waals surface area contributed by atoms with E-state index in [4.69, 9.17) is 19.5 Å². The fourth-order valence-corrected chi connectivity index (χ4v) is 7.43. The van der Waals surface area contributed by atoms with Crippen molar-refractivity contribution in [3.8, 4) is 11.5 Å². The van der Waals surface area contributed by atoms with Crippen LogP contribution in [-0.2, 0) is 15.6 Å². The normalized spacial score (nSPS) is 19.1. The van der Waals surface area contributed by atoms with Crippen molar-refractivity contribution in [2.45, 2.75) is 91.0 Å².